The van der Waals surface area contributed by atoms with Gasteiger partial charge in [0.25, 0.3) is 17.6 Å². The first kappa shape index (κ1) is 19.8. The van der Waals surface area contributed by atoms with Gasteiger partial charge in [-0.1, -0.05) is 0 Å². The summed E-state index contributed by atoms with van der Waals surface area (Å²) in [5, 5.41) is 25.1. The van der Waals surface area contributed by atoms with Gasteiger partial charge in [-0.25, -0.2) is 0 Å². The van der Waals surface area contributed by atoms with E-state index >= 15 is 0 Å². The number of hydrogen-bond donors (Lipinski definition) is 4. The van der Waals surface area contributed by atoms with Crippen molar-refractivity contribution in [3.8, 4) is 0 Å². The van der Waals surface area contributed by atoms with Crippen molar-refractivity contribution >= 4 is 11.8 Å². The van der Waals surface area contributed by atoms with Gasteiger partial charge in [-0.05, 0) is 34.6 Å². The maximum absolute atomic E-state index is 12.0. The molecule has 0 heterocycles. The molecule has 8 heteroatoms. The predicted molar refractivity (Wildman–Crippen MR) is 75.1 cm³/mol. The van der Waals surface area contributed by atoms with Crippen molar-refractivity contribution in [2.45, 2.75) is 57.9 Å². The molecule has 4 N–H and O–H groups in total. The summed E-state index contributed by atoms with van der Waals surface area (Å²) in [6.07, 6.45) is -0.500. The van der Waals surface area contributed by atoms with E-state index in [2.05, 4.69) is 10.6 Å². The standard InChI is InChI=1S/C13H26N2O6/c1-8(2)20-13(19,10(17)15-7)11(3,4)21-12(5,18)9(16)14-6/h8,18-19H,1-7H3,(H,14,16)(H,15,17)/t12-,13+/m1/s1. The van der Waals surface area contributed by atoms with Gasteiger partial charge in [0.1, 0.15) is 5.60 Å². The molecule has 0 spiro atoms. The maximum Gasteiger partial charge on any atom is 0.283 e. The van der Waals surface area contributed by atoms with Crippen LogP contribution in [0.3, 0.4) is 0 Å². The molecule has 0 aliphatic heterocycles. The molecule has 0 aliphatic carbocycles. The number of likely N-dealkylation sites (N-methyl/N-ethyl adjacent to an activating group) is 2. The van der Waals surface area contributed by atoms with Crippen molar-refractivity contribution in [1.82, 2.24) is 10.6 Å². The molecular weight excluding hydrogens is 280 g/mol. The van der Waals surface area contributed by atoms with Crippen molar-refractivity contribution in [2.24, 2.45) is 0 Å². The molecule has 0 unspecified atom stereocenters. The lowest BCUT2D eigenvalue weighted by Crippen LogP contribution is -2.66. The van der Waals surface area contributed by atoms with E-state index in [-0.39, 0.29) is 0 Å². The Balaban J connectivity index is 5.57. The lowest BCUT2D eigenvalue weighted by atomic mass is 9.95. The third kappa shape index (κ3) is 4.37. The zero-order valence-electron chi connectivity index (χ0n) is 13.6. The molecule has 0 aliphatic rings. The minimum atomic E-state index is -2.39. The minimum absolute atomic E-state index is 0.500. The Bertz CT molecular complexity index is 394. The molecule has 0 fully saturated rings. The van der Waals surface area contributed by atoms with Gasteiger partial charge in [-0.15, -0.1) is 0 Å². The van der Waals surface area contributed by atoms with E-state index in [1.807, 2.05) is 0 Å². The van der Waals surface area contributed by atoms with E-state index in [9.17, 15) is 19.8 Å². The van der Waals surface area contributed by atoms with Crippen LogP contribution in [-0.4, -0.2) is 59.4 Å². The van der Waals surface area contributed by atoms with E-state index in [0.717, 1.165) is 6.92 Å². The molecule has 0 radical (unpaired) electrons. The molecule has 0 aromatic carbocycles. The molecule has 0 rings (SSSR count). The molecular formula is C13H26N2O6. The highest BCUT2D eigenvalue weighted by molar-refractivity contribution is 5.85. The van der Waals surface area contributed by atoms with Crippen molar-refractivity contribution in [2.75, 3.05) is 14.1 Å². The Morgan fingerprint density at radius 1 is 1.00 bits per heavy atom. The first-order valence-electron chi connectivity index (χ1n) is 6.61. The van der Waals surface area contributed by atoms with Gasteiger partial charge < -0.3 is 30.3 Å². The Morgan fingerprint density at radius 3 is 1.76 bits per heavy atom. The number of rotatable bonds is 7. The summed E-state index contributed by atoms with van der Waals surface area (Å²) >= 11 is 0. The Labute approximate surface area is 124 Å². The molecule has 21 heavy (non-hydrogen) atoms. The van der Waals surface area contributed by atoms with Crippen LogP contribution in [0, 0.1) is 0 Å². The Kier molecular flexibility index (Phi) is 6.31. The quantitative estimate of drug-likeness (QED) is 0.453. The van der Waals surface area contributed by atoms with E-state index in [1.54, 1.807) is 13.8 Å². The number of carbonyl (C=O) groups excluding carboxylic acids is 2. The number of hydrogen-bond acceptors (Lipinski definition) is 6. The van der Waals surface area contributed by atoms with Crippen LogP contribution in [0.1, 0.15) is 34.6 Å². The second-order valence-electron chi connectivity index (χ2n) is 5.56. The maximum atomic E-state index is 12.0. The largest absolute Gasteiger partial charge is 0.358 e. The van der Waals surface area contributed by atoms with E-state index in [4.69, 9.17) is 9.47 Å². The van der Waals surface area contributed by atoms with Crippen LogP contribution in [0.15, 0.2) is 0 Å². The van der Waals surface area contributed by atoms with Crippen LogP contribution >= 0.6 is 0 Å². The molecule has 0 saturated carbocycles. The molecule has 8 nitrogen and oxygen atoms in total. The van der Waals surface area contributed by atoms with Crippen molar-refractivity contribution in [1.29, 1.82) is 0 Å². The van der Waals surface area contributed by atoms with Gasteiger partial charge in [0.2, 0.25) is 5.79 Å². The van der Waals surface area contributed by atoms with Gasteiger partial charge in [-0.2, -0.15) is 0 Å². The van der Waals surface area contributed by atoms with Crippen LogP contribution in [0.25, 0.3) is 0 Å². The molecule has 0 aromatic heterocycles. The molecule has 0 bridgehead atoms. The molecule has 124 valence electrons. The summed E-state index contributed by atoms with van der Waals surface area (Å²) in [4.78, 5) is 23.6. The molecule has 2 amide bonds. The Hall–Kier alpha value is -1.22. The third-order valence-electron chi connectivity index (χ3n) is 2.86. The summed E-state index contributed by atoms with van der Waals surface area (Å²) in [5.74, 6) is -6.32. The second-order valence-corrected chi connectivity index (χ2v) is 5.56. The van der Waals surface area contributed by atoms with Gasteiger partial charge in [0.05, 0.1) is 6.10 Å². The SMILES string of the molecule is CNC(=O)[C@](O)(OC(C)C)C(C)(C)O[C@@](C)(O)C(=O)NC. The van der Waals surface area contributed by atoms with Crippen LogP contribution in [0.2, 0.25) is 0 Å². The normalized spacial score (nSPS) is 17.8. The number of carbonyl (C=O) groups is 2. The fourth-order valence-corrected chi connectivity index (χ4v) is 1.82. The highest BCUT2D eigenvalue weighted by Gasteiger charge is 2.56. The van der Waals surface area contributed by atoms with Gasteiger partial charge in [-0.3, -0.25) is 9.59 Å². The zero-order chi connectivity index (χ0) is 17.1. The second kappa shape index (κ2) is 6.69. The van der Waals surface area contributed by atoms with Crippen molar-refractivity contribution < 1.29 is 29.3 Å². The van der Waals surface area contributed by atoms with Gasteiger partial charge in [0, 0.05) is 14.1 Å². The number of aliphatic hydroxyl groups is 2. The Morgan fingerprint density at radius 2 is 1.43 bits per heavy atom. The lowest BCUT2D eigenvalue weighted by molar-refractivity contribution is -0.337. The third-order valence-corrected chi connectivity index (χ3v) is 2.86. The predicted octanol–water partition coefficient (Wildman–Crippen LogP) is -0.904. The molecule has 0 saturated heterocycles. The summed E-state index contributed by atoms with van der Waals surface area (Å²) in [5.41, 5.74) is -1.71. The van der Waals surface area contributed by atoms with Crippen molar-refractivity contribution in [3.05, 3.63) is 0 Å². The molecule has 2 atom stereocenters. The fraction of sp³-hybridized carbons (Fsp3) is 0.846. The van der Waals surface area contributed by atoms with Gasteiger partial charge in [0.15, 0.2) is 0 Å². The first-order chi connectivity index (χ1) is 9.34. The van der Waals surface area contributed by atoms with Crippen LogP contribution in [0.5, 0.6) is 0 Å². The average molecular weight is 306 g/mol. The van der Waals surface area contributed by atoms with Crippen molar-refractivity contribution in [3.63, 3.8) is 0 Å². The summed E-state index contributed by atoms with van der Waals surface area (Å²) in [6, 6.07) is 0. The van der Waals surface area contributed by atoms with Gasteiger partial charge >= 0.3 is 0 Å². The fourth-order valence-electron chi connectivity index (χ4n) is 1.82. The van der Waals surface area contributed by atoms with E-state index in [1.165, 1.54) is 27.9 Å². The first-order valence-corrected chi connectivity index (χ1v) is 6.61. The highest BCUT2D eigenvalue weighted by Crippen LogP contribution is 2.32. The number of ether oxygens (including phenoxy) is 2. The topological polar surface area (TPSA) is 117 Å². The minimum Gasteiger partial charge on any atom is -0.358 e. The summed E-state index contributed by atoms with van der Waals surface area (Å²) in [6.45, 7) is 7.03. The highest BCUT2D eigenvalue weighted by atomic mass is 16.7. The summed E-state index contributed by atoms with van der Waals surface area (Å²) < 4.78 is 10.6. The lowest BCUT2D eigenvalue weighted by Gasteiger charge is -2.43. The molecule has 0 aromatic rings. The van der Waals surface area contributed by atoms with E-state index in [0.29, 0.717) is 0 Å². The average Bonchev–Trinajstić information content (AvgIpc) is 2.34. The summed E-state index contributed by atoms with van der Waals surface area (Å²) in [7, 11) is 2.65. The number of amides is 2. The number of nitrogens with one attached hydrogen (secondary N) is 2. The smallest absolute Gasteiger partial charge is 0.283 e. The monoisotopic (exact) mass is 306 g/mol. The van der Waals surface area contributed by atoms with Crippen LogP contribution < -0.4 is 10.6 Å². The van der Waals surface area contributed by atoms with E-state index < -0.39 is 35.1 Å². The van der Waals surface area contributed by atoms with Crippen LogP contribution in [0.4, 0.5) is 0 Å². The zero-order valence-corrected chi connectivity index (χ0v) is 13.6. The van der Waals surface area contributed by atoms with Crippen LogP contribution in [-0.2, 0) is 19.1 Å².